The molecule has 0 spiro atoms. The van der Waals surface area contributed by atoms with Gasteiger partial charge in [0.05, 0.1) is 17.8 Å². The van der Waals surface area contributed by atoms with E-state index in [2.05, 4.69) is 15.5 Å². The summed E-state index contributed by atoms with van der Waals surface area (Å²) in [5, 5.41) is 9.23. The molecule has 0 saturated heterocycles. The zero-order chi connectivity index (χ0) is 13.1. The lowest BCUT2D eigenvalue weighted by Crippen LogP contribution is -2.12. The molecule has 18 heavy (non-hydrogen) atoms. The van der Waals surface area contributed by atoms with Crippen molar-refractivity contribution in [3.63, 3.8) is 0 Å². The van der Waals surface area contributed by atoms with E-state index in [0.29, 0.717) is 16.5 Å². The van der Waals surface area contributed by atoms with Crippen molar-refractivity contribution < 1.29 is 9.53 Å². The molecule has 2 rings (SSSR count). The maximum absolute atomic E-state index is 11.8. The van der Waals surface area contributed by atoms with Gasteiger partial charge in [-0.05, 0) is 12.1 Å². The first kappa shape index (κ1) is 12.3. The van der Waals surface area contributed by atoms with E-state index in [9.17, 15) is 4.79 Å². The predicted molar refractivity (Wildman–Crippen MR) is 69.0 cm³/mol. The van der Waals surface area contributed by atoms with Crippen LogP contribution >= 0.6 is 11.6 Å². The fraction of sp³-hybridized carbons (Fsp3) is 0.0909. The Morgan fingerprint density at radius 2 is 2.28 bits per heavy atom. The number of aromatic amines is 1. The molecule has 0 aliphatic heterocycles. The van der Waals surface area contributed by atoms with Gasteiger partial charge in [-0.3, -0.25) is 9.89 Å². The van der Waals surface area contributed by atoms with Crippen LogP contribution in [0.15, 0.2) is 24.3 Å². The van der Waals surface area contributed by atoms with Crippen molar-refractivity contribution in [3.8, 4) is 5.75 Å². The highest BCUT2D eigenvalue weighted by molar-refractivity contribution is 6.34. The van der Waals surface area contributed by atoms with E-state index in [-0.39, 0.29) is 17.4 Å². The summed E-state index contributed by atoms with van der Waals surface area (Å²) in [5.74, 6) is 0.463. The number of carbonyl (C=O) groups excluding carboxylic acids is 1. The van der Waals surface area contributed by atoms with Crippen LogP contribution in [0, 0.1) is 0 Å². The third kappa shape index (κ3) is 2.54. The average Bonchev–Trinajstić information content (AvgIpc) is 2.79. The highest BCUT2D eigenvalue weighted by atomic mass is 35.5. The molecule has 2 aromatic rings. The number of amides is 1. The van der Waals surface area contributed by atoms with Crippen molar-refractivity contribution >= 4 is 29.0 Å². The summed E-state index contributed by atoms with van der Waals surface area (Å²) in [6.45, 7) is 0. The molecule has 1 aromatic heterocycles. The number of anilines is 2. The maximum Gasteiger partial charge on any atom is 0.273 e. The number of H-pyrrole nitrogens is 1. The minimum absolute atomic E-state index is 0.247. The van der Waals surface area contributed by atoms with E-state index in [1.165, 1.54) is 13.2 Å². The summed E-state index contributed by atoms with van der Waals surface area (Å²) >= 11 is 5.97. The molecule has 0 bridgehead atoms. The van der Waals surface area contributed by atoms with Gasteiger partial charge < -0.3 is 15.8 Å². The summed E-state index contributed by atoms with van der Waals surface area (Å²) in [6, 6.07) is 6.40. The Morgan fingerprint density at radius 1 is 1.50 bits per heavy atom. The summed E-state index contributed by atoms with van der Waals surface area (Å²) in [5.41, 5.74) is 6.13. The van der Waals surface area contributed by atoms with Crippen LogP contribution in [-0.4, -0.2) is 23.2 Å². The Morgan fingerprint density at radius 3 is 2.89 bits per heavy atom. The SMILES string of the molecule is COc1ccc(Cl)c(NC(=O)c2cc(N)n[nH]2)c1. The second-order valence-corrected chi connectivity index (χ2v) is 3.91. The minimum Gasteiger partial charge on any atom is -0.497 e. The van der Waals surface area contributed by atoms with Crippen molar-refractivity contribution in [3.05, 3.63) is 35.0 Å². The van der Waals surface area contributed by atoms with Crippen molar-refractivity contribution in [2.45, 2.75) is 0 Å². The van der Waals surface area contributed by atoms with Gasteiger partial charge in [-0.15, -0.1) is 0 Å². The normalized spacial score (nSPS) is 10.1. The second kappa shape index (κ2) is 4.97. The van der Waals surface area contributed by atoms with Crippen molar-refractivity contribution in [2.24, 2.45) is 0 Å². The van der Waals surface area contributed by atoms with Crippen LogP contribution in [0.25, 0.3) is 0 Å². The second-order valence-electron chi connectivity index (χ2n) is 3.51. The number of ether oxygens (including phenoxy) is 1. The first-order valence-electron chi connectivity index (χ1n) is 5.06. The molecule has 0 unspecified atom stereocenters. The summed E-state index contributed by atoms with van der Waals surface area (Å²) in [4.78, 5) is 11.8. The fourth-order valence-electron chi connectivity index (χ4n) is 1.37. The van der Waals surface area contributed by atoms with Gasteiger partial charge >= 0.3 is 0 Å². The van der Waals surface area contributed by atoms with Gasteiger partial charge in [-0.1, -0.05) is 11.6 Å². The van der Waals surface area contributed by atoms with Crippen LogP contribution in [0.1, 0.15) is 10.5 Å². The molecule has 0 saturated carbocycles. The summed E-state index contributed by atoms with van der Waals surface area (Å²) < 4.78 is 5.05. The number of halogens is 1. The Balaban J connectivity index is 2.21. The van der Waals surface area contributed by atoms with E-state index >= 15 is 0 Å². The van der Waals surface area contributed by atoms with E-state index in [1.807, 2.05) is 0 Å². The van der Waals surface area contributed by atoms with E-state index in [1.54, 1.807) is 18.2 Å². The highest BCUT2D eigenvalue weighted by Crippen LogP contribution is 2.27. The van der Waals surface area contributed by atoms with Crippen LogP contribution in [0.4, 0.5) is 11.5 Å². The number of nitrogens with one attached hydrogen (secondary N) is 2. The number of benzene rings is 1. The van der Waals surface area contributed by atoms with Gasteiger partial charge in [0.25, 0.3) is 5.91 Å². The first-order chi connectivity index (χ1) is 8.60. The molecule has 0 aliphatic rings. The zero-order valence-electron chi connectivity index (χ0n) is 9.53. The molecule has 94 valence electrons. The monoisotopic (exact) mass is 266 g/mol. The van der Waals surface area contributed by atoms with E-state index in [4.69, 9.17) is 22.1 Å². The van der Waals surface area contributed by atoms with Crippen LogP contribution in [0.2, 0.25) is 5.02 Å². The van der Waals surface area contributed by atoms with Gasteiger partial charge in [-0.25, -0.2) is 0 Å². The molecular weight excluding hydrogens is 256 g/mol. The van der Waals surface area contributed by atoms with Crippen LogP contribution < -0.4 is 15.8 Å². The molecule has 1 aromatic carbocycles. The summed E-state index contributed by atoms with van der Waals surface area (Å²) in [7, 11) is 1.53. The Hall–Kier alpha value is -2.21. The molecule has 0 radical (unpaired) electrons. The number of hydrogen-bond acceptors (Lipinski definition) is 4. The Bertz CT molecular complexity index is 582. The molecule has 0 atom stereocenters. The van der Waals surface area contributed by atoms with Crippen LogP contribution in [-0.2, 0) is 0 Å². The molecular formula is C11H11ClN4O2. The third-order valence-corrected chi connectivity index (χ3v) is 2.59. The molecule has 1 amide bonds. The Labute approximate surface area is 108 Å². The number of aromatic nitrogens is 2. The smallest absolute Gasteiger partial charge is 0.273 e. The average molecular weight is 267 g/mol. The van der Waals surface area contributed by atoms with E-state index in [0.717, 1.165) is 0 Å². The van der Waals surface area contributed by atoms with Crippen LogP contribution in [0.3, 0.4) is 0 Å². The zero-order valence-corrected chi connectivity index (χ0v) is 10.3. The molecule has 7 heteroatoms. The lowest BCUT2D eigenvalue weighted by Gasteiger charge is -2.07. The molecule has 0 fully saturated rings. The maximum atomic E-state index is 11.8. The molecule has 0 aliphatic carbocycles. The predicted octanol–water partition coefficient (Wildman–Crippen LogP) is 1.91. The molecule has 1 heterocycles. The highest BCUT2D eigenvalue weighted by Gasteiger charge is 2.11. The Kier molecular flexibility index (Phi) is 3.38. The van der Waals surface area contributed by atoms with Gasteiger partial charge in [-0.2, -0.15) is 5.10 Å². The van der Waals surface area contributed by atoms with Crippen molar-refractivity contribution in [1.29, 1.82) is 0 Å². The van der Waals surface area contributed by atoms with Gasteiger partial charge in [0.1, 0.15) is 17.3 Å². The lowest BCUT2D eigenvalue weighted by atomic mass is 10.3. The number of rotatable bonds is 3. The van der Waals surface area contributed by atoms with E-state index < -0.39 is 0 Å². The first-order valence-corrected chi connectivity index (χ1v) is 5.43. The van der Waals surface area contributed by atoms with Crippen LogP contribution in [0.5, 0.6) is 5.75 Å². The number of carbonyl (C=O) groups is 1. The standard InChI is InChI=1S/C11H11ClN4O2/c1-18-6-2-3-7(12)8(4-6)14-11(17)9-5-10(13)16-15-9/h2-5H,1H3,(H,14,17)(H3,13,15,16). The third-order valence-electron chi connectivity index (χ3n) is 2.26. The number of methoxy groups -OCH3 is 1. The molecule has 6 nitrogen and oxygen atoms in total. The quantitative estimate of drug-likeness (QED) is 0.791. The number of nitrogens with two attached hydrogens (primary N) is 1. The lowest BCUT2D eigenvalue weighted by molar-refractivity contribution is 0.102. The van der Waals surface area contributed by atoms with Crippen molar-refractivity contribution in [1.82, 2.24) is 10.2 Å². The largest absolute Gasteiger partial charge is 0.497 e. The summed E-state index contributed by atoms with van der Waals surface area (Å²) in [6.07, 6.45) is 0. The number of nitrogens with zero attached hydrogens (tertiary/aromatic N) is 1. The number of nitrogen functional groups attached to an aromatic ring is 1. The minimum atomic E-state index is -0.380. The number of hydrogen-bond donors (Lipinski definition) is 3. The van der Waals surface area contributed by atoms with Gasteiger partial charge in [0.15, 0.2) is 0 Å². The molecule has 4 N–H and O–H groups in total. The fourth-order valence-corrected chi connectivity index (χ4v) is 1.54. The van der Waals surface area contributed by atoms with Crippen molar-refractivity contribution in [2.75, 3.05) is 18.2 Å². The topological polar surface area (TPSA) is 93.0 Å². The van der Waals surface area contributed by atoms with Gasteiger partial charge in [0.2, 0.25) is 0 Å². The van der Waals surface area contributed by atoms with Gasteiger partial charge in [0, 0.05) is 12.1 Å².